The van der Waals surface area contributed by atoms with E-state index in [1.165, 1.54) is 76.2 Å². The van der Waals surface area contributed by atoms with Crippen LogP contribution < -0.4 is 0 Å². The van der Waals surface area contributed by atoms with Gasteiger partial charge < -0.3 is 8.80 Å². The molecule has 0 fully saturated rings. The number of nitrogens with zero attached hydrogens (tertiary/aromatic N) is 4. The van der Waals surface area contributed by atoms with Crippen molar-refractivity contribution < 1.29 is 0 Å². The molecule has 0 atom stereocenters. The lowest BCUT2D eigenvalue weighted by atomic mass is 10.1. The van der Waals surface area contributed by atoms with Crippen molar-refractivity contribution in [2.24, 2.45) is 0 Å². The molecule has 0 saturated carbocycles. The summed E-state index contributed by atoms with van der Waals surface area (Å²) in [6.45, 7) is 0. The van der Waals surface area contributed by atoms with Crippen molar-refractivity contribution in [1.29, 1.82) is 0 Å². The Labute approximate surface area is 180 Å². The number of para-hydroxylation sites is 2. The van der Waals surface area contributed by atoms with E-state index in [-0.39, 0.29) is 0 Å². The minimum atomic E-state index is 1.21. The van der Waals surface area contributed by atoms with E-state index < -0.39 is 0 Å². The lowest BCUT2D eigenvalue weighted by Crippen LogP contribution is -1.83. The third-order valence-corrected chi connectivity index (χ3v) is 7.35. The van der Waals surface area contributed by atoms with Crippen LogP contribution in [0.5, 0.6) is 0 Å². The Morgan fingerprint density at radius 2 is 0.875 bits per heavy atom. The highest BCUT2D eigenvalue weighted by molar-refractivity contribution is 6.28. The molecule has 9 aromatic rings. The molecular formula is C28H14N4. The zero-order valence-electron chi connectivity index (χ0n) is 16.9. The third kappa shape index (κ3) is 1.49. The van der Waals surface area contributed by atoms with Crippen LogP contribution in [0.1, 0.15) is 0 Å². The summed E-state index contributed by atoms with van der Waals surface area (Å²) in [6.07, 6.45) is 7.76. The zero-order valence-corrected chi connectivity index (χ0v) is 16.9. The molecule has 146 valence electrons. The molecule has 0 aliphatic heterocycles. The van der Waals surface area contributed by atoms with E-state index in [4.69, 9.17) is 0 Å². The summed E-state index contributed by atoms with van der Waals surface area (Å²) >= 11 is 0. The number of benzene rings is 3. The molecule has 4 nitrogen and oxygen atoms in total. The fourth-order valence-electron chi connectivity index (χ4n) is 6.14. The fourth-order valence-corrected chi connectivity index (χ4v) is 6.14. The van der Waals surface area contributed by atoms with Gasteiger partial charge in [0, 0.05) is 67.9 Å². The first-order valence-corrected chi connectivity index (χ1v) is 10.8. The monoisotopic (exact) mass is 406 g/mol. The molecule has 0 N–H and O–H groups in total. The number of hydrogen-bond acceptors (Lipinski definition) is 2. The predicted molar refractivity (Wildman–Crippen MR) is 131 cm³/mol. The van der Waals surface area contributed by atoms with Gasteiger partial charge in [0.2, 0.25) is 0 Å². The summed E-state index contributed by atoms with van der Waals surface area (Å²) in [5, 5.41) is 10.1. The maximum absolute atomic E-state index is 4.40. The summed E-state index contributed by atoms with van der Waals surface area (Å²) < 4.78 is 4.85. The van der Waals surface area contributed by atoms with E-state index in [1.54, 1.807) is 0 Å². The molecule has 0 aliphatic carbocycles. The van der Waals surface area contributed by atoms with E-state index in [1.807, 2.05) is 24.8 Å². The SMILES string of the molecule is c1cc2c3cnccc3n3c4cc5c6cccc7c8cnccc8n(c5cc4c(c1)c23)c76. The second kappa shape index (κ2) is 4.89. The molecule has 0 bridgehead atoms. The van der Waals surface area contributed by atoms with Crippen molar-refractivity contribution in [3.63, 3.8) is 0 Å². The molecule has 0 saturated heterocycles. The van der Waals surface area contributed by atoms with Crippen LogP contribution in [-0.4, -0.2) is 18.8 Å². The highest BCUT2D eigenvalue weighted by Gasteiger charge is 2.21. The van der Waals surface area contributed by atoms with Crippen molar-refractivity contribution in [3.8, 4) is 0 Å². The van der Waals surface area contributed by atoms with E-state index >= 15 is 0 Å². The second-order valence-corrected chi connectivity index (χ2v) is 8.75. The summed E-state index contributed by atoms with van der Waals surface area (Å²) in [4.78, 5) is 8.79. The molecule has 0 amide bonds. The van der Waals surface area contributed by atoms with Gasteiger partial charge in [0.15, 0.2) is 0 Å². The van der Waals surface area contributed by atoms with Crippen LogP contribution in [0.25, 0.3) is 76.2 Å². The van der Waals surface area contributed by atoms with Gasteiger partial charge in [0.1, 0.15) is 0 Å². The lowest BCUT2D eigenvalue weighted by Gasteiger charge is -2.01. The van der Waals surface area contributed by atoms with Gasteiger partial charge in [0.05, 0.1) is 33.1 Å². The zero-order chi connectivity index (χ0) is 20.6. The first-order chi connectivity index (χ1) is 15.9. The average Bonchev–Trinajstić information content (AvgIpc) is 3.56. The first kappa shape index (κ1) is 15.4. The summed E-state index contributed by atoms with van der Waals surface area (Å²) in [7, 11) is 0. The number of pyridine rings is 2. The molecule has 0 spiro atoms. The van der Waals surface area contributed by atoms with Crippen molar-refractivity contribution in [3.05, 3.63) is 85.5 Å². The molecule has 32 heavy (non-hydrogen) atoms. The van der Waals surface area contributed by atoms with Gasteiger partial charge in [-0.25, -0.2) is 0 Å². The molecule has 0 aliphatic rings. The van der Waals surface area contributed by atoms with Gasteiger partial charge in [0.25, 0.3) is 0 Å². The minimum absolute atomic E-state index is 1.21. The van der Waals surface area contributed by atoms with Crippen LogP contribution in [0.3, 0.4) is 0 Å². The van der Waals surface area contributed by atoms with Gasteiger partial charge in [-0.2, -0.15) is 0 Å². The molecule has 6 heterocycles. The maximum Gasteiger partial charge on any atom is 0.0621 e. The van der Waals surface area contributed by atoms with E-state index in [2.05, 4.69) is 79.4 Å². The van der Waals surface area contributed by atoms with Crippen molar-refractivity contribution in [2.45, 2.75) is 0 Å². The van der Waals surface area contributed by atoms with Crippen molar-refractivity contribution in [1.82, 2.24) is 18.8 Å². The Hall–Kier alpha value is -4.44. The Bertz CT molecular complexity index is 2040. The molecular weight excluding hydrogens is 392 g/mol. The lowest BCUT2D eigenvalue weighted by molar-refractivity contribution is 1.32. The molecule has 9 rings (SSSR count). The molecule has 0 radical (unpaired) electrons. The number of aromatic nitrogens is 4. The van der Waals surface area contributed by atoms with Gasteiger partial charge in [-0.1, -0.05) is 36.4 Å². The third-order valence-electron chi connectivity index (χ3n) is 7.35. The van der Waals surface area contributed by atoms with Crippen LogP contribution in [0.2, 0.25) is 0 Å². The maximum atomic E-state index is 4.40. The summed E-state index contributed by atoms with van der Waals surface area (Å²) in [5.41, 5.74) is 7.51. The second-order valence-electron chi connectivity index (χ2n) is 8.75. The average molecular weight is 406 g/mol. The van der Waals surface area contributed by atoms with E-state index in [9.17, 15) is 0 Å². The van der Waals surface area contributed by atoms with Crippen LogP contribution in [-0.2, 0) is 0 Å². The molecule has 0 unspecified atom stereocenters. The smallest absolute Gasteiger partial charge is 0.0621 e. The van der Waals surface area contributed by atoms with Gasteiger partial charge in [-0.3, -0.25) is 9.97 Å². The fraction of sp³-hybridized carbons (Fsp3) is 0. The number of rotatable bonds is 0. The highest BCUT2D eigenvalue weighted by Crippen LogP contribution is 2.43. The number of fused-ring (bicyclic) bond motifs is 12. The topological polar surface area (TPSA) is 34.6 Å². The van der Waals surface area contributed by atoms with Crippen LogP contribution in [0, 0.1) is 0 Å². The summed E-state index contributed by atoms with van der Waals surface area (Å²) in [6, 6.07) is 22.3. The standard InChI is InChI=1S/C28H14N4/c1-3-15-19-11-26-20(12-25(19)31-23-7-9-29-13-21(23)17(5-1)27(15)31)16-4-2-6-18-22-14-30-10-8-24(22)32(26)28(16)18/h1-14H. The predicted octanol–water partition coefficient (Wildman–Crippen LogP) is 6.78. The van der Waals surface area contributed by atoms with Crippen molar-refractivity contribution in [2.75, 3.05) is 0 Å². The summed E-state index contributed by atoms with van der Waals surface area (Å²) in [5.74, 6) is 0. The minimum Gasteiger partial charge on any atom is -0.308 e. The van der Waals surface area contributed by atoms with Gasteiger partial charge in [-0.05, 0) is 24.3 Å². The Kier molecular flexibility index (Phi) is 2.35. The van der Waals surface area contributed by atoms with Crippen LogP contribution >= 0.6 is 0 Å². The highest BCUT2D eigenvalue weighted by atomic mass is 14.9. The number of hydrogen-bond donors (Lipinski definition) is 0. The molecule has 6 aromatic heterocycles. The normalized spacial score (nSPS) is 13.0. The van der Waals surface area contributed by atoms with Crippen molar-refractivity contribution >= 4 is 76.2 Å². The van der Waals surface area contributed by atoms with Crippen LogP contribution in [0.4, 0.5) is 0 Å². The largest absolute Gasteiger partial charge is 0.308 e. The Morgan fingerprint density at radius 3 is 1.34 bits per heavy atom. The first-order valence-electron chi connectivity index (χ1n) is 10.8. The van der Waals surface area contributed by atoms with Gasteiger partial charge >= 0.3 is 0 Å². The molecule has 4 heteroatoms. The Balaban J connectivity index is 1.63. The van der Waals surface area contributed by atoms with E-state index in [0.717, 1.165) is 0 Å². The van der Waals surface area contributed by atoms with E-state index in [0.29, 0.717) is 0 Å². The molecule has 3 aromatic carbocycles. The van der Waals surface area contributed by atoms with Gasteiger partial charge in [-0.15, -0.1) is 0 Å². The quantitative estimate of drug-likeness (QED) is 0.278. The van der Waals surface area contributed by atoms with Crippen LogP contribution in [0.15, 0.2) is 85.5 Å². The Morgan fingerprint density at radius 1 is 0.438 bits per heavy atom.